The molecule has 0 amide bonds. The fourth-order valence-corrected chi connectivity index (χ4v) is 2.65. The second kappa shape index (κ2) is 4.84. The van der Waals surface area contributed by atoms with E-state index in [0.29, 0.717) is 0 Å². The zero-order valence-electron chi connectivity index (χ0n) is 9.87. The quantitative estimate of drug-likeness (QED) is 0.800. The normalized spacial score (nSPS) is 25.2. The number of nitrogens with zero attached hydrogens (tertiary/aromatic N) is 3. The first kappa shape index (κ1) is 12.0. The summed E-state index contributed by atoms with van der Waals surface area (Å²) in [5.41, 5.74) is -0.234. The Hall–Kier alpha value is -0.420. The van der Waals surface area contributed by atoms with Gasteiger partial charge in [0.1, 0.15) is 11.4 Å². The third-order valence-corrected chi connectivity index (χ3v) is 3.59. The van der Waals surface area contributed by atoms with Crippen molar-refractivity contribution in [3.8, 4) is 0 Å². The topological polar surface area (TPSA) is 39.9 Å². The third-order valence-electron chi connectivity index (χ3n) is 3.09. The largest absolute Gasteiger partial charge is 0.367 e. The minimum Gasteiger partial charge on any atom is -0.367 e. The van der Waals surface area contributed by atoms with Crippen LogP contribution in [0.3, 0.4) is 0 Å². The molecule has 2 rings (SSSR count). The van der Waals surface area contributed by atoms with Crippen LogP contribution in [0.15, 0.2) is 0 Å². The Kier molecular flexibility index (Phi) is 3.64. The first-order valence-electron chi connectivity index (χ1n) is 5.83. The van der Waals surface area contributed by atoms with Gasteiger partial charge in [-0.15, -0.1) is 10.2 Å². The van der Waals surface area contributed by atoms with Crippen molar-refractivity contribution in [2.75, 3.05) is 6.61 Å². The summed E-state index contributed by atoms with van der Waals surface area (Å²) in [5.74, 6) is 1.98. The van der Waals surface area contributed by atoms with Gasteiger partial charge < -0.3 is 9.30 Å². The number of alkyl halides is 1. The van der Waals surface area contributed by atoms with Crippen molar-refractivity contribution < 1.29 is 4.74 Å². The Bertz CT molecular complexity index is 358. The second-order valence-electron chi connectivity index (χ2n) is 4.41. The molecule has 1 saturated heterocycles. The van der Waals surface area contributed by atoms with E-state index in [1.807, 2.05) is 0 Å². The summed E-state index contributed by atoms with van der Waals surface area (Å²) in [5, 5.41) is 9.29. The Labute approximate surface area is 105 Å². The van der Waals surface area contributed by atoms with Gasteiger partial charge in [0.15, 0.2) is 5.82 Å². The molecule has 1 fully saturated rings. The van der Waals surface area contributed by atoms with Gasteiger partial charge >= 0.3 is 0 Å². The Morgan fingerprint density at radius 1 is 1.50 bits per heavy atom. The summed E-state index contributed by atoms with van der Waals surface area (Å²) >= 11 is 3.45. The molecule has 1 aromatic rings. The van der Waals surface area contributed by atoms with Crippen LogP contribution in [0, 0.1) is 0 Å². The Morgan fingerprint density at radius 3 is 2.88 bits per heavy atom. The second-order valence-corrected chi connectivity index (χ2v) is 4.97. The highest BCUT2D eigenvalue weighted by Gasteiger charge is 2.37. The van der Waals surface area contributed by atoms with Crippen LogP contribution in [0.1, 0.15) is 44.8 Å². The zero-order chi connectivity index (χ0) is 11.6. The third kappa shape index (κ3) is 2.02. The molecule has 16 heavy (non-hydrogen) atoms. The van der Waals surface area contributed by atoms with Crippen molar-refractivity contribution in [3.63, 3.8) is 0 Å². The van der Waals surface area contributed by atoms with Gasteiger partial charge in [-0.25, -0.2) is 0 Å². The van der Waals surface area contributed by atoms with Crippen LogP contribution in [0.5, 0.6) is 0 Å². The van der Waals surface area contributed by atoms with Crippen LogP contribution < -0.4 is 0 Å². The van der Waals surface area contributed by atoms with E-state index in [2.05, 4.69) is 44.5 Å². The van der Waals surface area contributed by atoms with Gasteiger partial charge in [-0.05, 0) is 26.2 Å². The fourth-order valence-electron chi connectivity index (χ4n) is 2.24. The zero-order valence-corrected chi connectivity index (χ0v) is 11.5. The molecule has 1 atom stereocenters. The van der Waals surface area contributed by atoms with Crippen molar-refractivity contribution in [1.29, 1.82) is 0 Å². The van der Waals surface area contributed by atoms with Crippen LogP contribution >= 0.6 is 15.9 Å². The van der Waals surface area contributed by atoms with Crippen LogP contribution in [0.2, 0.25) is 0 Å². The molecular formula is C11H18BrN3O. The highest BCUT2D eigenvalue weighted by atomic mass is 79.9. The predicted octanol–water partition coefficient (Wildman–Crippen LogP) is 2.61. The maximum Gasteiger partial charge on any atom is 0.165 e. The molecule has 0 aromatic carbocycles. The molecule has 0 spiro atoms. The summed E-state index contributed by atoms with van der Waals surface area (Å²) in [6.45, 7) is 6.08. The summed E-state index contributed by atoms with van der Waals surface area (Å²) in [4.78, 5) is 0. The lowest BCUT2D eigenvalue weighted by Gasteiger charge is -2.23. The minimum atomic E-state index is -0.234. The molecule has 4 nitrogen and oxygen atoms in total. The van der Waals surface area contributed by atoms with Crippen molar-refractivity contribution in [3.05, 3.63) is 11.6 Å². The maximum atomic E-state index is 5.83. The molecule has 1 aromatic heterocycles. The lowest BCUT2D eigenvalue weighted by molar-refractivity contribution is 0.00606. The number of ether oxygens (including phenoxy) is 1. The van der Waals surface area contributed by atoms with E-state index < -0.39 is 0 Å². The Balaban J connectivity index is 2.35. The smallest absolute Gasteiger partial charge is 0.165 e. The van der Waals surface area contributed by atoms with E-state index >= 15 is 0 Å². The van der Waals surface area contributed by atoms with E-state index in [1.165, 1.54) is 0 Å². The van der Waals surface area contributed by atoms with Gasteiger partial charge in [-0.2, -0.15) is 0 Å². The van der Waals surface area contributed by atoms with Gasteiger partial charge in [0.25, 0.3) is 0 Å². The highest BCUT2D eigenvalue weighted by Crippen LogP contribution is 2.34. The monoisotopic (exact) mass is 287 g/mol. The molecule has 5 heteroatoms. The van der Waals surface area contributed by atoms with Crippen molar-refractivity contribution in [2.24, 2.45) is 0 Å². The van der Waals surface area contributed by atoms with Crippen LogP contribution in [0.4, 0.5) is 0 Å². The summed E-state index contributed by atoms with van der Waals surface area (Å²) in [7, 11) is 0. The van der Waals surface area contributed by atoms with Gasteiger partial charge in [-0.1, -0.05) is 22.9 Å². The van der Waals surface area contributed by atoms with E-state index in [0.717, 1.165) is 49.4 Å². The number of hydrogen-bond donors (Lipinski definition) is 0. The van der Waals surface area contributed by atoms with Crippen molar-refractivity contribution in [2.45, 2.75) is 50.6 Å². The predicted molar refractivity (Wildman–Crippen MR) is 65.5 cm³/mol. The lowest BCUT2D eigenvalue weighted by atomic mass is 10.0. The molecule has 2 heterocycles. The summed E-state index contributed by atoms with van der Waals surface area (Å²) in [6.07, 6.45) is 3.23. The molecular weight excluding hydrogens is 270 g/mol. The standard InChI is InChI=1S/C11H18BrN3O/c1-3-6-15-9(8-12)13-14-10(15)11(2)5-4-7-16-11/h3-8H2,1-2H3. The molecule has 1 aliphatic rings. The Morgan fingerprint density at radius 2 is 2.31 bits per heavy atom. The van der Waals surface area contributed by atoms with E-state index in [4.69, 9.17) is 4.74 Å². The van der Waals surface area contributed by atoms with E-state index in [9.17, 15) is 0 Å². The molecule has 0 saturated carbocycles. The fraction of sp³-hybridized carbons (Fsp3) is 0.818. The molecule has 1 unspecified atom stereocenters. The molecule has 90 valence electrons. The SMILES string of the molecule is CCCn1c(CBr)nnc1C1(C)CCCO1. The maximum absolute atomic E-state index is 5.83. The van der Waals surface area contributed by atoms with Crippen LogP contribution in [-0.4, -0.2) is 21.4 Å². The average molecular weight is 288 g/mol. The lowest BCUT2D eigenvalue weighted by Crippen LogP contribution is -2.26. The summed E-state index contributed by atoms with van der Waals surface area (Å²) < 4.78 is 8.03. The van der Waals surface area contributed by atoms with Gasteiger partial charge in [0.2, 0.25) is 0 Å². The average Bonchev–Trinajstić information content (AvgIpc) is 2.86. The molecule has 0 aliphatic carbocycles. The van der Waals surface area contributed by atoms with Crippen LogP contribution in [-0.2, 0) is 22.2 Å². The first-order chi connectivity index (χ1) is 7.71. The molecule has 0 N–H and O–H groups in total. The highest BCUT2D eigenvalue weighted by molar-refractivity contribution is 9.08. The van der Waals surface area contributed by atoms with Gasteiger partial charge in [-0.3, -0.25) is 0 Å². The van der Waals surface area contributed by atoms with Crippen molar-refractivity contribution >= 4 is 15.9 Å². The first-order valence-corrected chi connectivity index (χ1v) is 6.96. The van der Waals surface area contributed by atoms with Crippen LogP contribution in [0.25, 0.3) is 0 Å². The van der Waals surface area contributed by atoms with E-state index in [1.54, 1.807) is 0 Å². The molecule has 0 radical (unpaired) electrons. The number of hydrogen-bond acceptors (Lipinski definition) is 3. The van der Waals surface area contributed by atoms with Crippen molar-refractivity contribution in [1.82, 2.24) is 14.8 Å². The molecule has 1 aliphatic heterocycles. The number of aromatic nitrogens is 3. The summed E-state index contributed by atoms with van der Waals surface area (Å²) in [6, 6.07) is 0. The minimum absolute atomic E-state index is 0.234. The number of halogens is 1. The van der Waals surface area contributed by atoms with Gasteiger partial charge in [0, 0.05) is 13.2 Å². The van der Waals surface area contributed by atoms with E-state index in [-0.39, 0.29) is 5.60 Å². The number of rotatable bonds is 4. The van der Waals surface area contributed by atoms with Gasteiger partial charge in [0.05, 0.1) is 5.33 Å². The molecule has 0 bridgehead atoms.